The molecule has 0 fully saturated rings. The molecule has 0 atom stereocenters. The van der Waals surface area contributed by atoms with Gasteiger partial charge in [-0.1, -0.05) is 63.5 Å². The Balaban J connectivity index is 1.96. The second-order valence-electron chi connectivity index (χ2n) is 5.95. The lowest BCUT2D eigenvalue weighted by Gasteiger charge is -2.33. The highest BCUT2D eigenvalue weighted by Crippen LogP contribution is 2.22. The lowest BCUT2D eigenvalue weighted by molar-refractivity contribution is 0.0784. The van der Waals surface area contributed by atoms with Gasteiger partial charge in [0.15, 0.2) is 0 Å². The van der Waals surface area contributed by atoms with E-state index in [2.05, 4.69) is 41.7 Å². The molecule has 1 N–H and O–H groups in total. The Hall–Kier alpha value is -0.640. The number of nitrogens with zero attached hydrogens (tertiary/aromatic N) is 3. The number of rotatable bonds is 10. The molecule has 4 heteroatoms. The van der Waals surface area contributed by atoms with Crippen molar-refractivity contribution in [3.05, 3.63) is 0 Å². The Labute approximate surface area is 112 Å². The van der Waals surface area contributed by atoms with Gasteiger partial charge in [0.2, 0.25) is 0 Å². The molecule has 0 aromatic rings. The minimum atomic E-state index is 0.158. The number of hydrogen-bond acceptors (Lipinski definition) is 4. The predicted molar refractivity (Wildman–Crippen MR) is 76.0 cm³/mol. The van der Waals surface area contributed by atoms with Crippen molar-refractivity contribution in [3.63, 3.8) is 0 Å². The van der Waals surface area contributed by atoms with E-state index in [1.807, 2.05) is 0 Å². The van der Waals surface area contributed by atoms with Gasteiger partial charge in [-0.25, -0.2) is 5.53 Å². The fourth-order valence-corrected chi connectivity index (χ4v) is 2.37. The van der Waals surface area contributed by atoms with Crippen molar-refractivity contribution in [2.24, 2.45) is 10.3 Å². The summed E-state index contributed by atoms with van der Waals surface area (Å²) in [6, 6.07) is 0. The van der Waals surface area contributed by atoms with Crippen LogP contribution in [0.15, 0.2) is 10.3 Å². The second-order valence-corrected chi connectivity index (χ2v) is 5.95. The van der Waals surface area contributed by atoms with Gasteiger partial charge < -0.3 is 0 Å². The van der Waals surface area contributed by atoms with Crippen LogP contribution in [-0.2, 0) is 0 Å². The lowest BCUT2D eigenvalue weighted by Crippen LogP contribution is -2.47. The van der Waals surface area contributed by atoms with Crippen LogP contribution < -0.4 is 5.53 Å². The third kappa shape index (κ3) is 5.80. The number of hydrogen-bond donors (Lipinski definition) is 1. The molecule has 1 aliphatic rings. The highest BCUT2D eigenvalue weighted by Gasteiger charge is 2.28. The Morgan fingerprint density at radius 3 is 2.17 bits per heavy atom. The van der Waals surface area contributed by atoms with Crippen LogP contribution in [0, 0.1) is 0 Å². The summed E-state index contributed by atoms with van der Waals surface area (Å²) in [7, 11) is 0. The molecule has 0 amide bonds. The molecule has 106 valence electrons. The quantitative estimate of drug-likeness (QED) is 0.585. The van der Waals surface area contributed by atoms with Gasteiger partial charge in [0.25, 0.3) is 0 Å². The van der Waals surface area contributed by atoms with Crippen molar-refractivity contribution in [2.75, 3.05) is 6.67 Å². The van der Waals surface area contributed by atoms with Crippen molar-refractivity contribution in [2.45, 2.75) is 84.1 Å². The summed E-state index contributed by atoms with van der Waals surface area (Å²) < 4.78 is 0. The van der Waals surface area contributed by atoms with Crippen molar-refractivity contribution < 1.29 is 0 Å². The molecule has 0 radical (unpaired) electrons. The van der Waals surface area contributed by atoms with Crippen LogP contribution in [0.5, 0.6) is 0 Å². The number of hydrazine groups is 1. The van der Waals surface area contributed by atoms with E-state index in [4.69, 9.17) is 0 Å². The van der Waals surface area contributed by atoms with Crippen LogP contribution in [-0.4, -0.2) is 17.2 Å². The molecule has 1 heterocycles. The molecule has 0 saturated carbocycles. The summed E-state index contributed by atoms with van der Waals surface area (Å²) in [5.74, 6) is 0. The first-order valence-corrected chi connectivity index (χ1v) is 7.56. The number of unbranched alkanes of at least 4 members (excludes halogenated alkanes) is 7. The van der Waals surface area contributed by atoms with Crippen molar-refractivity contribution >= 4 is 0 Å². The molecule has 0 aromatic carbocycles. The molecule has 0 bridgehead atoms. The van der Waals surface area contributed by atoms with Gasteiger partial charge in [0.05, 0.1) is 0 Å². The topological polar surface area (TPSA) is 40.0 Å². The van der Waals surface area contributed by atoms with E-state index < -0.39 is 0 Å². The van der Waals surface area contributed by atoms with Crippen molar-refractivity contribution in [1.29, 1.82) is 0 Å². The zero-order chi connectivity index (χ0) is 13.3. The summed E-state index contributed by atoms with van der Waals surface area (Å²) in [4.78, 5) is 0. The molecule has 1 aliphatic heterocycles. The summed E-state index contributed by atoms with van der Waals surface area (Å²) in [6.45, 7) is 7.48. The first kappa shape index (κ1) is 15.4. The Kier molecular flexibility index (Phi) is 7.25. The third-order valence-electron chi connectivity index (χ3n) is 3.81. The standard InChI is InChI=1S/C14H30N4/c1-4-5-6-7-8-9-10-11-12-14(2,3)18-13-15-16-17-18/h4-13H2,1-3H3,(H,15,17). The fraction of sp³-hybridized carbons (Fsp3) is 1.00. The van der Waals surface area contributed by atoms with Gasteiger partial charge >= 0.3 is 0 Å². The first-order valence-electron chi connectivity index (χ1n) is 7.56. The smallest absolute Gasteiger partial charge is 0.134 e. The minimum absolute atomic E-state index is 0.158. The average molecular weight is 254 g/mol. The molecular formula is C14H30N4. The van der Waals surface area contributed by atoms with Gasteiger partial charge in [-0.2, -0.15) is 10.1 Å². The maximum absolute atomic E-state index is 3.96. The Morgan fingerprint density at radius 2 is 1.61 bits per heavy atom. The Bertz CT molecular complexity index is 230. The molecular weight excluding hydrogens is 224 g/mol. The van der Waals surface area contributed by atoms with Crippen LogP contribution in [0.4, 0.5) is 0 Å². The molecule has 18 heavy (non-hydrogen) atoms. The van der Waals surface area contributed by atoms with Gasteiger partial charge in [0.1, 0.15) is 6.67 Å². The monoisotopic (exact) mass is 254 g/mol. The molecule has 0 aliphatic carbocycles. The maximum Gasteiger partial charge on any atom is 0.134 e. The van der Waals surface area contributed by atoms with E-state index in [9.17, 15) is 0 Å². The summed E-state index contributed by atoms with van der Waals surface area (Å²) in [5, 5.41) is 9.89. The largest absolute Gasteiger partial charge is 0.219 e. The molecule has 0 spiro atoms. The predicted octanol–water partition coefficient (Wildman–Crippen LogP) is 4.44. The highest BCUT2D eigenvalue weighted by molar-refractivity contribution is 4.79. The summed E-state index contributed by atoms with van der Waals surface area (Å²) >= 11 is 0. The summed E-state index contributed by atoms with van der Waals surface area (Å²) in [5.41, 5.74) is 3.12. The van der Waals surface area contributed by atoms with Gasteiger partial charge in [-0.15, -0.1) is 0 Å². The highest BCUT2D eigenvalue weighted by atomic mass is 15.8. The fourth-order valence-electron chi connectivity index (χ4n) is 2.37. The van der Waals surface area contributed by atoms with Crippen LogP contribution in [0.3, 0.4) is 0 Å². The second kappa shape index (κ2) is 8.46. The van der Waals surface area contributed by atoms with Crippen LogP contribution >= 0.6 is 0 Å². The van der Waals surface area contributed by atoms with E-state index in [1.54, 1.807) is 0 Å². The van der Waals surface area contributed by atoms with E-state index in [-0.39, 0.29) is 5.54 Å². The molecule has 4 nitrogen and oxygen atoms in total. The first-order chi connectivity index (χ1) is 8.67. The zero-order valence-electron chi connectivity index (χ0n) is 12.4. The minimum Gasteiger partial charge on any atom is -0.219 e. The Morgan fingerprint density at radius 1 is 1.00 bits per heavy atom. The number of nitrogens with one attached hydrogen (secondary N) is 1. The van der Waals surface area contributed by atoms with Crippen LogP contribution in [0.2, 0.25) is 0 Å². The normalized spacial score (nSPS) is 16.2. The van der Waals surface area contributed by atoms with E-state index in [0.717, 1.165) is 0 Å². The van der Waals surface area contributed by atoms with E-state index in [0.29, 0.717) is 6.67 Å². The average Bonchev–Trinajstić information content (AvgIpc) is 2.87. The lowest BCUT2D eigenvalue weighted by atomic mass is 9.95. The maximum atomic E-state index is 3.96. The van der Waals surface area contributed by atoms with Gasteiger partial charge in [0, 0.05) is 5.54 Å². The molecule has 0 aromatic heterocycles. The van der Waals surface area contributed by atoms with Gasteiger partial charge in [-0.3, -0.25) is 0 Å². The van der Waals surface area contributed by atoms with Crippen molar-refractivity contribution in [1.82, 2.24) is 10.5 Å². The summed E-state index contributed by atoms with van der Waals surface area (Å²) in [6.07, 6.45) is 12.3. The SMILES string of the molecule is CCCCCCCCCCC(C)(C)N1CN=NN1. The van der Waals surface area contributed by atoms with Crippen LogP contribution in [0.25, 0.3) is 0 Å². The molecule has 1 rings (SSSR count). The molecule has 0 unspecified atom stereocenters. The van der Waals surface area contributed by atoms with E-state index in [1.165, 1.54) is 57.8 Å². The molecule has 0 saturated heterocycles. The third-order valence-corrected chi connectivity index (χ3v) is 3.81. The zero-order valence-corrected chi connectivity index (χ0v) is 12.4. The van der Waals surface area contributed by atoms with Crippen LogP contribution in [0.1, 0.15) is 78.6 Å². The van der Waals surface area contributed by atoms with E-state index >= 15 is 0 Å². The van der Waals surface area contributed by atoms with Gasteiger partial charge in [-0.05, 0) is 20.3 Å². The van der Waals surface area contributed by atoms with Crippen molar-refractivity contribution in [3.8, 4) is 0 Å².